The van der Waals surface area contributed by atoms with E-state index in [1.165, 1.54) is 12.7 Å². The van der Waals surface area contributed by atoms with Gasteiger partial charge in [-0.3, -0.25) is 4.79 Å². The topological polar surface area (TPSA) is 94.3 Å². The van der Waals surface area contributed by atoms with E-state index >= 15 is 0 Å². The van der Waals surface area contributed by atoms with E-state index in [0.29, 0.717) is 17.5 Å². The van der Waals surface area contributed by atoms with Crippen molar-refractivity contribution in [1.82, 2.24) is 15.5 Å². The second-order valence-corrected chi connectivity index (χ2v) is 7.66. The second kappa shape index (κ2) is 9.55. The van der Waals surface area contributed by atoms with Crippen LogP contribution < -0.4 is 5.32 Å². The molecule has 2 rings (SSSR count). The molecular formula is C19H25N3O4S. The first-order valence-electron chi connectivity index (χ1n) is 8.71. The van der Waals surface area contributed by atoms with Crippen LogP contribution in [0.3, 0.4) is 0 Å². The molecule has 0 spiro atoms. The average Bonchev–Trinajstić information content (AvgIpc) is 3.09. The van der Waals surface area contributed by atoms with Gasteiger partial charge in [0.05, 0.1) is 12.9 Å². The quantitative estimate of drug-likeness (QED) is 0.545. The Kier molecular flexibility index (Phi) is 7.41. The van der Waals surface area contributed by atoms with Crippen LogP contribution in [0.25, 0.3) is 11.5 Å². The highest BCUT2D eigenvalue weighted by molar-refractivity contribution is 7.99. The van der Waals surface area contributed by atoms with Gasteiger partial charge in [-0.2, -0.15) is 0 Å². The van der Waals surface area contributed by atoms with Crippen LogP contribution in [-0.2, 0) is 14.3 Å². The summed E-state index contributed by atoms with van der Waals surface area (Å²) in [6, 6.07) is 5.24. The Balaban J connectivity index is 1.94. The number of ether oxygens (including phenoxy) is 1. The van der Waals surface area contributed by atoms with Crippen molar-refractivity contribution in [3.63, 3.8) is 0 Å². The Labute approximate surface area is 163 Å². The molecule has 1 N–H and O–H groups in total. The molecule has 27 heavy (non-hydrogen) atoms. The van der Waals surface area contributed by atoms with E-state index in [9.17, 15) is 9.59 Å². The maximum atomic E-state index is 12.2. The number of methoxy groups -OCH3 is 1. The number of aromatic nitrogens is 2. The van der Waals surface area contributed by atoms with Crippen molar-refractivity contribution in [2.75, 3.05) is 12.9 Å². The summed E-state index contributed by atoms with van der Waals surface area (Å²) in [6.45, 7) is 8.00. The monoisotopic (exact) mass is 391 g/mol. The predicted octanol–water partition coefficient (Wildman–Crippen LogP) is 3.15. The zero-order valence-electron chi connectivity index (χ0n) is 16.2. The fourth-order valence-corrected chi connectivity index (χ4v) is 3.02. The van der Waals surface area contributed by atoms with Gasteiger partial charge in [0.15, 0.2) is 0 Å². The number of hydrogen-bond donors (Lipinski definition) is 1. The van der Waals surface area contributed by atoms with Crippen LogP contribution in [0.2, 0.25) is 0 Å². The number of carbonyl (C=O) groups excluding carboxylic acids is 2. The number of nitrogens with one attached hydrogen (secondary N) is 1. The van der Waals surface area contributed by atoms with E-state index < -0.39 is 12.0 Å². The third kappa shape index (κ3) is 6.09. The Morgan fingerprint density at radius 2 is 1.96 bits per heavy atom. The number of rotatable bonds is 8. The van der Waals surface area contributed by atoms with E-state index in [0.717, 1.165) is 22.9 Å². The molecule has 0 unspecified atom stereocenters. The fourth-order valence-electron chi connectivity index (χ4n) is 2.45. The molecule has 7 nitrogen and oxygen atoms in total. The predicted molar refractivity (Wildman–Crippen MR) is 103 cm³/mol. The Hall–Kier alpha value is -2.35. The Bertz CT molecular complexity index is 804. The minimum atomic E-state index is -0.656. The first-order chi connectivity index (χ1) is 12.8. The molecule has 0 bridgehead atoms. The van der Waals surface area contributed by atoms with Crippen molar-refractivity contribution < 1.29 is 18.7 Å². The highest BCUT2D eigenvalue weighted by Gasteiger charge is 2.23. The number of thioether (sulfide) groups is 1. The highest BCUT2D eigenvalue weighted by Crippen LogP contribution is 2.24. The normalized spacial score (nSPS) is 12.1. The molecule has 1 heterocycles. The van der Waals surface area contributed by atoms with Crippen molar-refractivity contribution in [3.8, 4) is 11.5 Å². The molecule has 1 aromatic heterocycles. The lowest BCUT2D eigenvalue weighted by atomic mass is 10.0. The van der Waals surface area contributed by atoms with Gasteiger partial charge < -0.3 is 14.5 Å². The summed E-state index contributed by atoms with van der Waals surface area (Å²) in [7, 11) is 1.31. The number of benzene rings is 1. The zero-order chi connectivity index (χ0) is 20.0. The van der Waals surface area contributed by atoms with Crippen LogP contribution >= 0.6 is 11.8 Å². The van der Waals surface area contributed by atoms with Crippen molar-refractivity contribution in [3.05, 3.63) is 29.3 Å². The second-order valence-electron chi connectivity index (χ2n) is 6.73. The van der Waals surface area contributed by atoms with Crippen molar-refractivity contribution >= 4 is 23.6 Å². The van der Waals surface area contributed by atoms with Crippen LogP contribution in [0, 0.1) is 19.8 Å². The summed E-state index contributed by atoms with van der Waals surface area (Å²) in [4.78, 5) is 23.9. The smallest absolute Gasteiger partial charge is 0.328 e. The summed E-state index contributed by atoms with van der Waals surface area (Å²) in [5.74, 6) is -0.00854. The minimum Gasteiger partial charge on any atom is -0.467 e. The van der Waals surface area contributed by atoms with E-state index in [4.69, 9.17) is 9.15 Å². The van der Waals surface area contributed by atoms with Crippen LogP contribution in [0.5, 0.6) is 0 Å². The summed E-state index contributed by atoms with van der Waals surface area (Å²) in [5.41, 5.74) is 3.16. The average molecular weight is 391 g/mol. The van der Waals surface area contributed by atoms with Gasteiger partial charge in [-0.1, -0.05) is 31.7 Å². The number of amides is 1. The Morgan fingerprint density at radius 1 is 1.22 bits per heavy atom. The van der Waals surface area contributed by atoms with Gasteiger partial charge in [0.2, 0.25) is 11.8 Å². The van der Waals surface area contributed by atoms with Crippen molar-refractivity contribution in [2.24, 2.45) is 5.92 Å². The van der Waals surface area contributed by atoms with Crippen molar-refractivity contribution in [1.29, 1.82) is 0 Å². The molecule has 1 atom stereocenters. The lowest BCUT2D eigenvalue weighted by Crippen LogP contribution is -2.43. The summed E-state index contributed by atoms with van der Waals surface area (Å²) in [6.07, 6.45) is 0.514. The van der Waals surface area contributed by atoms with Gasteiger partial charge in [-0.05, 0) is 49.4 Å². The molecule has 2 aromatic rings. The number of esters is 1. The van der Waals surface area contributed by atoms with Gasteiger partial charge in [0, 0.05) is 5.56 Å². The molecule has 1 aromatic carbocycles. The molecule has 0 radical (unpaired) electrons. The number of carbonyl (C=O) groups is 2. The molecule has 0 aliphatic carbocycles. The molecule has 146 valence electrons. The lowest BCUT2D eigenvalue weighted by Gasteiger charge is -2.17. The largest absolute Gasteiger partial charge is 0.467 e. The number of hydrogen-bond acceptors (Lipinski definition) is 7. The zero-order valence-corrected chi connectivity index (χ0v) is 17.1. The first kappa shape index (κ1) is 21.0. The summed E-state index contributed by atoms with van der Waals surface area (Å²) in [5, 5.41) is 11.0. The fraction of sp³-hybridized carbons (Fsp3) is 0.474. The molecule has 0 saturated heterocycles. The summed E-state index contributed by atoms with van der Waals surface area (Å²) >= 11 is 1.13. The van der Waals surface area contributed by atoms with E-state index in [-0.39, 0.29) is 17.6 Å². The molecule has 0 fully saturated rings. The number of aryl methyl sites for hydroxylation is 2. The van der Waals surface area contributed by atoms with Gasteiger partial charge in [0.25, 0.3) is 5.22 Å². The molecule has 1 amide bonds. The van der Waals surface area contributed by atoms with Crippen LogP contribution in [0.1, 0.15) is 31.4 Å². The van der Waals surface area contributed by atoms with Gasteiger partial charge in [0.1, 0.15) is 6.04 Å². The maximum absolute atomic E-state index is 12.2. The van der Waals surface area contributed by atoms with Gasteiger partial charge >= 0.3 is 5.97 Å². The molecule has 0 saturated carbocycles. The Morgan fingerprint density at radius 3 is 2.59 bits per heavy atom. The van der Waals surface area contributed by atoms with E-state index in [1.807, 2.05) is 45.9 Å². The van der Waals surface area contributed by atoms with Gasteiger partial charge in [-0.15, -0.1) is 10.2 Å². The molecular weight excluding hydrogens is 366 g/mol. The first-order valence-corrected chi connectivity index (χ1v) is 9.69. The maximum Gasteiger partial charge on any atom is 0.328 e. The van der Waals surface area contributed by atoms with Crippen molar-refractivity contribution in [2.45, 2.75) is 45.4 Å². The standard InChI is InChI=1S/C19H25N3O4S/c1-11(2)8-15(18(24)25-5)20-16(23)10-27-19-22-21-17(26-19)14-7-6-12(3)13(4)9-14/h6-7,9,11,15H,8,10H2,1-5H3,(H,20,23)/t15-/m1/s1. The highest BCUT2D eigenvalue weighted by atomic mass is 32.2. The lowest BCUT2D eigenvalue weighted by molar-refractivity contribution is -0.145. The van der Waals surface area contributed by atoms with Crippen LogP contribution in [-0.4, -0.2) is 41.0 Å². The third-order valence-corrected chi connectivity index (χ3v) is 4.83. The van der Waals surface area contributed by atoms with Gasteiger partial charge in [-0.25, -0.2) is 4.79 Å². The molecule has 0 aliphatic rings. The molecule has 8 heteroatoms. The minimum absolute atomic E-state index is 0.0696. The number of nitrogens with zero attached hydrogens (tertiary/aromatic N) is 2. The van der Waals surface area contributed by atoms with E-state index in [1.54, 1.807) is 0 Å². The van der Waals surface area contributed by atoms with Crippen LogP contribution in [0.4, 0.5) is 0 Å². The summed E-state index contributed by atoms with van der Waals surface area (Å²) < 4.78 is 10.4. The molecule has 0 aliphatic heterocycles. The third-order valence-electron chi connectivity index (χ3n) is 4.02. The SMILES string of the molecule is COC(=O)[C@@H](CC(C)C)NC(=O)CSc1nnc(-c2ccc(C)c(C)c2)o1. The van der Waals surface area contributed by atoms with E-state index in [2.05, 4.69) is 15.5 Å². The van der Waals surface area contributed by atoms with Crippen LogP contribution in [0.15, 0.2) is 27.8 Å².